The van der Waals surface area contributed by atoms with Crippen LogP contribution < -0.4 is 5.32 Å². The molecule has 0 spiro atoms. The van der Waals surface area contributed by atoms with Crippen molar-refractivity contribution in [3.05, 3.63) is 88.8 Å². The average Bonchev–Trinajstić information content (AvgIpc) is 3.23. The number of H-pyrrole nitrogens is 1. The second-order valence-electron chi connectivity index (χ2n) is 6.35. The molecule has 2 heterocycles. The Bertz CT molecular complexity index is 1220. The van der Waals surface area contributed by atoms with Gasteiger partial charge in [-0.3, -0.25) is 9.78 Å². The Hall–Kier alpha value is -2.80. The minimum Gasteiger partial charge on any atom is -0.339 e. The number of hydrogen-bond acceptors (Lipinski definition) is 4. The number of carbonyl (C=O) groups is 1. The van der Waals surface area contributed by atoms with Gasteiger partial charge in [-0.1, -0.05) is 59.2 Å². The number of benzene rings is 2. The topological polar surface area (TPSA) is 70.7 Å². The molecule has 0 radical (unpaired) electrons. The van der Waals surface area contributed by atoms with E-state index in [1.807, 2.05) is 18.2 Å². The highest BCUT2D eigenvalue weighted by Crippen LogP contribution is 2.37. The van der Waals surface area contributed by atoms with Crippen molar-refractivity contribution in [2.45, 2.75) is 16.5 Å². The Morgan fingerprint density at radius 1 is 1.17 bits per heavy atom. The first kappa shape index (κ1) is 20.5. The minimum atomic E-state index is -0.393. The number of amides is 1. The van der Waals surface area contributed by atoms with E-state index in [-0.39, 0.29) is 15.6 Å². The first-order valence-electron chi connectivity index (χ1n) is 9.02. The first-order chi connectivity index (χ1) is 14.6. The van der Waals surface area contributed by atoms with Crippen molar-refractivity contribution >= 4 is 57.5 Å². The number of halogens is 2. The molecule has 0 atom stereocenters. The van der Waals surface area contributed by atoms with Crippen LogP contribution in [0.5, 0.6) is 0 Å². The summed E-state index contributed by atoms with van der Waals surface area (Å²) >= 11 is 13.9. The van der Waals surface area contributed by atoms with Gasteiger partial charge in [-0.25, -0.2) is 4.98 Å². The van der Waals surface area contributed by atoms with Gasteiger partial charge >= 0.3 is 0 Å². The Labute approximate surface area is 187 Å². The number of fused-ring (bicyclic) bond motifs is 1. The quantitative estimate of drug-likeness (QED) is 0.330. The van der Waals surface area contributed by atoms with Crippen LogP contribution in [0, 0.1) is 0 Å². The second kappa shape index (κ2) is 8.92. The standard InChI is InChI=1S/C22H16Cl2N4OS/c1-2-5-13-12-27-19-14(20(13)30-22-25-10-11-26-22)6-3-9-17(19)28-21(29)18-15(23)7-4-8-16(18)24/h2-4,6-12H,1,5H2,(H,25,26)(H,28,29). The molecule has 0 bridgehead atoms. The largest absolute Gasteiger partial charge is 0.339 e. The van der Waals surface area contributed by atoms with Crippen LogP contribution in [-0.2, 0) is 6.42 Å². The molecular weight excluding hydrogens is 439 g/mol. The van der Waals surface area contributed by atoms with E-state index in [2.05, 4.69) is 26.8 Å². The number of aromatic amines is 1. The maximum atomic E-state index is 12.9. The number of aromatic nitrogens is 3. The van der Waals surface area contributed by atoms with Crippen LogP contribution in [-0.4, -0.2) is 20.9 Å². The van der Waals surface area contributed by atoms with E-state index in [1.165, 1.54) is 11.8 Å². The molecule has 2 aromatic heterocycles. The third-order valence-corrected chi connectivity index (χ3v) is 6.13. The Balaban J connectivity index is 1.78. The summed E-state index contributed by atoms with van der Waals surface area (Å²) in [6.45, 7) is 3.84. The second-order valence-corrected chi connectivity index (χ2v) is 8.17. The highest BCUT2D eigenvalue weighted by molar-refractivity contribution is 7.99. The van der Waals surface area contributed by atoms with Crippen LogP contribution >= 0.6 is 35.0 Å². The van der Waals surface area contributed by atoms with Crippen LogP contribution in [0.25, 0.3) is 10.9 Å². The fourth-order valence-corrected chi connectivity index (χ4v) is 4.61. The molecule has 0 aliphatic heterocycles. The van der Waals surface area contributed by atoms with Gasteiger partial charge in [-0.05, 0) is 30.2 Å². The summed E-state index contributed by atoms with van der Waals surface area (Å²) in [7, 11) is 0. The summed E-state index contributed by atoms with van der Waals surface area (Å²) in [5.41, 5.74) is 2.48. The number of rotatable bonds is 6. The van der Waals surface area contributed by atoms with Gasteiger partial charge in [0.05, 0.1) is 26.8 Å². The smallest absolute Gasteiger partial charge is 0.258 e. The first-order valence-corrected chi connectivity index (χ1v) is 10.6. The van der Waals surface area contributed by atoms with Crippen molar-refractivity contribution in [2.24, 2.45) is 0 Å². The van der Waals surface area contributed by atoms with E-state index in [0.29, 0.717) is 17.6 Å². The Morgan fingerprint density at radius 3 is 2.63 bits per heavy atom. The zero-order chi connectivity index (χ0) is 21.1. The predicted molar refractivity (Wildman–Crippen MR) is 123 cm³/mol. The van der Waals surface area contributed by atoms with Crippen molar-refractivity contribution in [3.8, 4) is 0 Å². The molecule has 1 amide bonds. The molecule has 0 fully saturated rings. The number of hydrogen-bond donors (Lipinski definition) is 2. The van der Waals surface area contributed by atoms with Crippen molar-refractivity contribution in [1.29, 1.82) is 0 Å². The molecule has 4 aromatic rings. The lowest BCUT2D eigenvalue weighted by atomic mass is 10.1. The summed E-state index contributed by atoms with van der Waals surface area (Å²) in [6, 6.07) is 10.6. The number of nitrogens with one attached hydrogen (secondary N) is 2. The summed E-state index contributed by atoms with van der Waals surface area (Å²) < 4.78 is 0. The number of para-hydroxylation sites is 1. The van der Waals surface area contributed by atoms with E-state index in [1.54, 1.807) is 42.9 Å². The highest BCUT2D eigenvalue weighted by atomic mass is 35.5. The normalized spacial score (nSPS) is 10.9. The van der Waals surface area contributed by atoms with E-state index < -0.39 is 5.91 Å². The number of pyridine rings is 1. The molecule has 30 heavy (non-hydrogen) atoms. The Kier molecular flexibility index (Phi) is 6.08. The van der Waals surface area contributed by atoms with Crippen LogP contribution in [0.1, 0.15) is 15.9 Å². The van der Waals surface area contributed by atoms with Crippen LogP contribution in [0.15, 0.2) is 77.7 Å². The minimum absolute atomic E-state index is 0.228. The molecule has 0 unspecified atom stereocenters. The van der Waals surface area contributed by atoms with Gasteiger partial charge in [0.2, 0.25) is 0 Å². The molecule has 4 rings (SSSR count). The fourth-order valence-electron chi connectivity index (χ4n) is 3.07. The maximum Gasteiger partial charge on any atom is 0.258 e. The van der Waals surface area contributed by atoms with Crippen molar-refractivity contribution in [1.82, 2.24) is 15.0 Å². The third kappa shape index (κ3) is 4.07. The van der Waals surface area contributed by atoms with Crippen LogP contribution in [0.4, 0.5) is 5.69 Å². The van der Waals surface area contributed by atoms with Crippen molar-refractivity contribution in [3.63, 3.8) is 0 Å². The van der Waals surface area contributed by atoms with E-state index in [9.17, 15) is 4.79 Å². The molecule has 0 aliphatic carbocycles. The Morgan fingerprint density at radius 2 is 1.93 bits per heavy atom. The summed E-state index contributed by atoms with van der Waals surface area (Å²) in [4.78, 5) is 25.9. The summed E-state index contributed by atoms with van der Waals surface area (Å²) in [5.74, 6) is -0.393. The van der Waals surface area contributed by atoms with E-state index in [0.717, 1.165) is 21.0 Å². The number of carbonyl (C=O) groups excluding carboxylic acids is 1. The van der Waals surface area contributed by atoms with E-state index >= 15 is 0 Å². The summed E-state index contributed by atoms with van der Waals surface area (Å²) in [5, 5.41) is 5.14. The lowest BCUT2D eigenvalue weighted by molar-refractivity contribution is 0.102. The van der Waals surface area contributed by atoms with Crippen LogP contribution in [0.3, 0.4) is 0 Å². The fraction of sp³-hybridized carbons (Fsp3) is 0.0455. The molecule has 2 aromatic carbocycles. The number of imidazole rings is 1. The number of nitrogens with zero attached hydrogens (tertiary/aromatic N) is 2. The van der Waals surface area contributed by atoms with Gasteiger partial charge in [-0.2, -0.15) is 0 Å². The molecular formula is C22H16Cl2N4OS. The maximum absolute atomic E-state index is 12.9. The zero-order valence-corrected chi connectivity index (χ0v) is 18.0. The van der Waals surface area contributed by atoms with Gasteiger partial charge in [0.25, 0.3) is 5.91 Å². The van der Waals surface area contributed by atoms with Gasteiger partial charge in [0.1, 0.15) is 0 Å². The summed E-state index contributed by atoms with van der Waals surface area (Å²) in [6.07, 6.45) is 7.78. The molecule has 5 nitrogen and oxygen atoms in total. The van der Waals surface area contributed by atoms with Gasteiger partial charge in [0.15, 0.2) is 5.16 Å². The lowest BCUT2D eigenvalue weighted by Gasteiger charge is -2.14. The molecule has 2 N–H and O–H groups in total. The molecule has 0 aliphatic rings. The van der Waals surface area contributed by atoms with Crippen molar-refractivity contribution < 1.29 is 4.79 Å². The van der Waals surface area contributed by atoms with Gasteiger partial charge in [-0.15, -0.1) is 6.58 Å². The average molecular weight is 455 g/mol. The molecule has 0 saturated carbocycles. The SMILES string of the molecule is C=CCc1cnc2c(NC(=O)c3c(Cl)cccc3Cl)cccc2c1Sc1ncc[nH]1. The lowest BCUT2D eigenvalue weighted by Crippen LogP contribution is -2.13. The predicted octanol–water partition coefficient (Wildman–Crippen LogP) is 6.40. The highest BCUT2D eigenvalue weighted by Gasteiger charge is 2.18. The van der Waals surface area contributed by atoms with E-state index in [4.69, 9.17) is 23.2 Å². The van der Waals surface area contributed by atoms with Crippen LogP contribution in [0.2, 0.25) is 10.0 Å². The molecule has 150 valence electrons. The molecule has 0 saturated heterocycles. The van der Waals surface area contributed by atoms with Gasteiger partial charge < -0.3 is 10.3 Å². The van der Waals surface area contributed by atoms with Gasteiger partial charge in [0, 0.05) is 28.9 Å². The zero-order valence-electron chi connectivity index (χ0n) is 15.7. The third-order valence-electron chi connectivity index (χ3n) is 4.40. The monoisotopic (exact) mass is 454 g/mol. The van der Waals surface area contributed by atoms with Crippen molar-refractivity contribution in [2.75, 3.05) is 5.32 Å². The number of anilines is 1. The molecule has 8 heteroatoms. The number of allylic oxidation sites excluding steroid dienone is 1.